The van der Waals surface area contributed by atoms with Crippen LogP contribution in [0.2, 0.25) is 0 Å². The Morgan fingerprint density at radius 3 is 2.33 bits per heavy atom. The van der Waals surface area contributed by atoms with Crippen molar-refractivity contribution >= 4 is 0 Å². The van der Waals surface area contributed by atoms with Gasteiger partial charge < -0.3 is 5.11 Å². The van der Waals surface area contributed by atoms with E-state index in [9.17, 15) is 5.11 Å². The number of rotatable bonds is 1. The van der Waals surface area contributed by atoms with Crippen LogP contribution in [0.3, 0.4) is 0 Å². The van der Waals surface area contributed by atoms with Crippen molar-refractivity contribution in [3.8, 4) is 0 Å². The van der Waals surface area contributed by atoms with E-state index in [-0.39, 0.29) is 0 Å². The molecule has 0 saturated heterocycles. The SMILES string of the molecule is C=C(C)[C@H]1CC[C@H]2[C@@H]3CC(C)[C@H]4C[C@@](C)(O)CC[C@@H]4[C@H]3CC[C@]12C. The van der Waals surface area contributed by atoms with E-state index in [0.29, 0.717) is 5.41 Å². The highest BCUT2D eigenvalue weighted by Gasteiger charge is 2.58. The molecule has 0 radical (unpaired) electrons. The van der Waals surface area contributed by atoms with Crippen molar-refractivity contribution in [2.75, 3.05) is 0 Å². The van der Waals surface area contributed by atoms with Crippen molar-refractivity contribution in [2.45, 2.75) is 84.7 Å². The van der Waals surface area contributed by atoms with E-state index < -0.39 is 5.60 Å². The van der Waals surface area contributed by atoms with Crippen LogP contribution in [-0.4, -0.2) is 10.7 Å². The Morgan fingerprint density at radius 2 is 1.62 bits per heavy atom. The predicted molar refractivity (Wildman–Crippen MR) is 101 cm³/mol. The minimum atomic E-state index is -0.399. The lowest BCUT2D eigenvalue weighted by atomic mass is 9.47. The van der Waals surface area contributed by atoms with E-state index in [1.165, 1.54) is 44.1 Å². The van der Waals surface area contributed by atoms with Gasteiger partial charge in [0.15, 0.2) is 0 Å². The Hall–Kier alpha value is -0.300. The van der Waals surface area contributed by atoms with Gasteiger partial charge in [-0.25, -0.2) is 0 Å². The fraction of sp³-hybridized carbons (Fsp3) is 0.913. The number of fused-ring (bicyclic) bond motifs is 5. The first-order valence-electron chi connectivity index (χ1n) is 10.6. The molecule has 1 N–H and O–H groups in total. The molecule has 4 aliphatic carbocycles. The monoisotopic (exact) mass is 330 g/mol. The molecule has 9 atom stereocenters. The van der Waals surface area contributed by atoms with E-state index in [1.807, 2.05) is 0 Å². The summed E-state index contributed by atoms with van der Waals surface area (Å²) in [7, 11) is 0. The van der Waals surface area contributed by atoms with E-state index in [0.717, 1.165) is 54.3 Å². The van der Waals surface area contributed by atoms with E-state index in [2.05, 4.69) is 34.3 Å². The third-order valence-electron chi connectivity index (χ3n) is 9.25. The third-order valence-corrected chi connectivity index (χ3v) is 9.25. The van der Waals surface area contributed by atoms with Gasteiger partial charge >= 0.3 is 0 Å². The van der Waals surface area contributed by atoms with Crippen LogP contribution in [0.1, 0.15) is 79.1 Å². The maximum absolute atomic E-state index is 10.6. The Labute approximate surface area is 149 Å². The van der Waals surface area contributed by atoms with E-state index >= 15 is 0 Å². The van der Waals surface area contributed by atoms with Gasteiger partial charge in [0.2, 0.25) is 0 Å². The molecule has 1 heteroatoms. The lowest BCUT2D eigenvalue weighted by molar-refractivity contribution is -0.117. The first-order valence-corrected chi connectivity index (χ1v) is 10.6. The van der Waals surface area contributed by atoms with Crippen LogP contribution in [0.15, 0.2) is 12.2 Å². The summed E-state index contributed by atoms with van der Waals surface area (Å²) in [5, 5.41) is 10.6. The molecule has 0 aromatic carbocycles. The molecule has 0 aliphatic heterocycles. The maximum atomic E-state index is 10.6. The fourth-order valence-corrected chi connectivity index (χ4v) is 8.21. The molecule has 1 unspecified atom stereocenters. The van der Waals surface area contributed by atoms with Gasteiger partial charge in [0.1, 0.15) is 0 Å². The summed E-state index contributed by atoms with van der Waals surface area (Å²) in [5.74, 6) is 6.07. The molecule has 136 valence electrons. The van der Waals surface area contributed by atoms with Gasteiger partial charge in [-0.1, -0.05) is 26.0 Å². The van der Waals surface area contributed by atoms with Crippen molar-refractivity contribution in [1.82, 2.24) is 0 Å². The zero-order valence-corrected chi connectivity index (χ0v) is 16.4. The fourth-order valence-electron chi connectivity index (χ4n) is 8.21. The van der Waals surface area contributed by atoms with Crippen LogP contribution in [0.4, 0.5) is 0 Å². The minimum absolute atomic E-state index is 0.399. The van der Waals surface area contributed by atoms with E-state index in [1.54, 1.807) is 0 Å². The number of aliphatic hydroxyl groups is 1. The van der Waals surface area contributed by atoms with Crippen molar-refractivity contribution in [1.29, 1.82) is 0 Å². The standard InChI is InChI=1S/C23H38O/c1-14(2)20-6-7-21-18-12-15(3)19-13-22(4,24)10-8-17(19)16(18)9-11-23(20,21)5/h15-21,24H,1,6-13H2,2-5H3/t15?,16-,17-,18-,19-,20-,21+,22+,23-/m1/s1. The van der Waals surface area contributed by atoms with Gasteiger partial charge in [0, 0.05) is 0 Å². The third kappa shape index (κ3) is 2.44. The van der Waals surface area contributed by atoms with Crippen LogP contribution in [0.25, 0.3) is 0 Å². The van der Waals surface area contributed by atoms with Gasteiger partial charge in [-0.05, 0) is 112 Å². The number of allylic oxidation sites excluding steroid dienone is 1. The van der Waals surface area contributed by atoms with Crippen molar-refractivity contribution in [3.05, 3.63) is 12.2 Å². The molecule has 0 bridgehead atoms. The largest absolute Gasteiger partial charge is 0.390 e. The zero-order chi connectivity index (χ0) is 17.3. The summed E-state index contributed by atoms with van der Waals surface area (Å²) in [6.45, 7) is 13.8. The summed E-state index contributed by atoms with van der Waals surface area (Å²) < 4.78 is 0. The van der Waals surface area contributed by atoms with Crippen LogP contribution < -0.4 is 0 Å². The summed E-state index contributed by atoms with van der Waals surface area (Å²) in [4.78, 5) is 0. The average molecular weight is 331 g/mol. The molecule has 4 rings (SSSR count). The summed E-state index contributed by atoms with van der Waals surface area (Å²) in [6.07, 6.45) is 10.5. The maximum Gasteiger partial charge on any atom is 0.0622 e. The number of hydrogen-bond acceptors (Lipinski definition) is 1. The minimum Gasteiger partial charge on any atom is -0.390 e. The molecule has 24 heavy (non-hydrogen) atoms. The molecule has 1 nitrogen and oxygen atoms in total. The lowest BCUT2D eigenvalue weighted by Crippen LogP contribution is -2.52. The average Bonchev–Trinajstić information content (AvgIpc) is 2.85. The van der Waals surface area contributed by atoms with Crippen LogP contribution >= 0.6 is 0 Å². The molecule has 4 aliphatic rings. The molecule has 0 aromatic heterocycles. The molecule has 0 spiro atoms. The highest BCUT2D eigenvalue weighted by molar-refractivity contribution is 5.14. The number of hydrogen-bond donors (Lipinski definition) is 1. The molecule has 4 fully saturated rings. The Balaban J connectivity index is 1.60. The summed E-state index contributed by atoms with van der Waals surface area (Å²) in [6, 6.07) is 0. The highest BCUT2D eigenvalue weighted by Crippen LogP contribution is 2.66. The van der Waals surface area contributed by atoms with Gasteiger partial charge in [-0.2, -0.15) is 0 Å². The van der Waals surface area contributed by atoms with Gasteiger partial charge in [-0.15, -0.1) is 0 Å². The van der Waals surface area contributed by atoms with Crippen molar-refractivity contribution in [2.24, 2.45) is 46.8 Å². The van der Waals surface area contributed by atoms with Gasteiger partial charge in [-0.3, -0.25) is 0 Å². The van der Waals surface area contributed by atoms with Crippen LogP contribution in [0, 0.1) is 46.8 Å². The second-order valence-corrected chi connectivity index (χ2v) is 10.7. The smallest absolute Gasteiger partial charge is 0.0622 e. The van der Waals surface area contributed by atoms with Crippen molar-refractivity contribution < 1.29 is 5.11 Å². The molecule has 0 heterocycles. The molecule has 0 aromatic rings. The van der Waals surface area contributed by atoms with Gasteiger partial charge in [0.05, 0.1) is 5.60 Å². The molecular formula is C23H38O. The summed E-state index contributed by atoms with van der Waals surface area (Å²) in [5.41, 5.74) is 1.57. The van der Waals surface area contributed by atoms with E-state index in [4.69, 9.17) is 0 Å². The van der Waals surface area contributed by atoms with Crippen LogP contribution in [0.5, 0.6) is 0 Å². The van der Waals surface area contributed by atoms with Crippen LogP contribution in [-0.2, 0) is 0 Å². The normalized spacial score (nSPS) is 57.0. The zero-order valence-electron chi connectivity index (χ0n) is 16.4. The first kappa shape index (κ1) is 17.1. The quantitative estimate of drug-likeness (QED) is 0.600. The summed E-state index contributed by atoms with van der Waals surface area (Å²) >= 11 is 0. The Morgan fingerprint density at radius 1 is 0.958 bits per heavy atom. The molecule has 4 saturated carbocycles. The predicted octanol–water partition coefficient (Wildman–Crippen LogP) is 5.83. The van der Waals surface area contributed by atoms with Gasteiger partial charge in [0.25, 0.3) is 0 Å². The second kappa shape index (κ2) is 5.60. The Kier molecular flexibility index (Phi) is 4.00. The molecular weight excluding hydrogens is 292 g/mol. The van der Waals surface area contributed by atoms with Crippen molar-refractivity contribution in [3.63, 3.8) is 0 Å². The Bertz CT molecular complexity index is 520. The topological polar surface area (TPSA) is 20.2 Å². The first-order chi connectivity index (χ1) is 11.2. The second-order valence-electron chi connectivity index (χ2n) is 10.7. The highest BCUT2D eigenvalue weighted by atomic mass is 16.3. The molecule has 0 amide bonds. The lowest BCUT2D eigenvalue weighted by Gasteiger charge is -2.58.